The van der Waals surface area contributed by atoms with Crippen LogP contribution in [-0.4, -0.2) is 54.4 Å². The second-order valence-corrected chi connectivity index (χ2v) is 8.87. The van der Waals surface area contributed by atoms with Gasteiger partial charge in [-0.25, -0.2) is 0 Å². The molecule has 2 aliphatic rings. The van der Waals surface area contributed by atoms with Gasteiger partial charge in [-0.1, -0.05) is 35.9 Å². The van der Waals surface area contributed by atoms with Crippen LogP contribution in [0.1, 0.15) is 53.1 Å². The van der Waals surface area contributed by atoms with Gasteiger partial charge >= 0.3 is 0 Å². The van der Waals surface area contributed by atoms with Crippen LogP contribution in [0, 0.1) is 6.92 Å². The maximum absolute atomic E-state index is 12.9. The minimum absolute atomic E-state index is 0.0837. The highest BCUT2D eigenvalue weighted by Gasteiger charge is 2.44. The second kappa shape index (κ2) is 8.13. The summed E-state index contributed by atoms with van der Waals surface area (Å²) in [4.78, 5) is 28.9. The Balaban J connectivity index is 1.49. The van der Waals surface area contributed by atoms with Crippen molar-refractivity contribution in [2.75, 3.05) is 27.2 Å². The molecule has 1 fully saturated rings. The molecule has 0 radical (unpaired) electrons. The monoisotopic (exact) mass is 406 g/mol. The average Bonchev–Trinajstić information content (AvgIpc) is 2.74. The quantitative estimate of drug-likeness (QED) is 0.774. The lowest BCUT2D eigenvalue weighted by Crippen LogP contribution is -2.52. The number of hydrogen-bond donors (Lipinski definition) is 0. The first-order chi connectivity index (χ1) is 14.4. The van der Waals surface area contributed by atoms with Crippen molar-refractivity contribution in [1.82, 2.24) is 9.80 Å². The second-order valence-electron chi connectivity index (χ2n) is 8.87. The molecule has 1 atom stereocenters. The minimum atomic E-state index is -0.310. The van der Waals surface area contributed by atoms with Crippen LogP contribution < -0.4 is 4.74 Å². The van der Waals surface area contributed by atoms with E-state index in [9.17, 15) is 9.59 Å². The Labute approximate surface area is 178 Å². The molecule has 0 aliphatic carbocycles. The van der Waals surface area contributed by atoms with Crippen molar-refractivity contribution < 1.29 is 14.3 Å². The van der Waals surface area contributed by atoms with Gasteiger partial charge in [0.05, 0.1) is 0 Å². The Morgan fingerprint density at radius 1 is 1.07 bits per heavy atom. The third-order valence-corrected chi connectivity index (χ3v) is 6.48. The summed E-state index contributed by atoms with van der Waals surface area (Å²) in [6.45, 7) is 3.36. The molecule has 1 spiro atoms. The molecule has 0 N–H and O–H groups in total. The molecule has 4 rings (SSSR count). The predicted molar refractivity (Wildman–Crippen MR) is 117 cm³/mol. The van der Waals surface area contributed by atoms with E-state index in [4.69, 9.17) is 4.74 Å². The summed E-state index contributed by atoms with van der Waals surface area (Å²) in [6, 6.07) is 15.8. The number of aryl methyl sites for hydroxylation is 1. The first-order valence-corrected chi connectivity index (χ1v) is 10.7. The third kappa shape index (κ3) is 4.07. The molecule has 30 heavy (non-hydrogen) atoms. The Kier molecular flexibility index (Phi) is 5.54. The summed E-state index contributed by atoms with van der Waals surface area (Å²) >= 11 is 0. The van der Waals surface area contributed by atoms with E-state index in [0.717, 1.165) is 41.7 Å². The fraction of sp³-hybridized carbons (Fsp3) is 0.440. The lowest BCUT2D eigenvalue weighted by molar-refractivity contribution is -0.129. The number of hydrogen-bond acceptors (Lipinski definition) is 3. The largest absolute Gasteiger partial charge is 0.487 e. The van der Waals surface area contributed by atoms with Gasteiger partial charge in [0.1, 0.15) is 11.4 Å². The van der Waals surface area contributed by atoms with Gasteiger partial charge in [-0.3, -0.25) is 9.59 Å². The minimum Gasteiger partial charge on any atom is -0.487 e. The molecule has 2 aliphatic heterocycles. The number of nitrogens with zero attached hydrogens (tertiary/aromatic N) is 2. The average molecular weight is 407 g/mol. The lowest BCUT2D eigenvalue weighted by Gasteiger charge is -2.47. The van der Waals surface area contributed by atoms with Gasteiger partial charge in [0.2, 0.25) is 5.91 Å². The van der Waals surface area contributed by atoms with Crippen LogP contribution >= 0.6 is 0 Å². The maximum atomic E-state index is 12.9. The number of fused-ring (bicyclic) bond motifs is 1. The van der Waals surface area contributed by atoms with Crippen molar-refractivity contribution in [1.29, 1.82) is 0 Å². The zero-order chi connectivity index (χ0) is 21.3. The highest BCUT2D eigenvalue weighted by molar-refractivity contribution is 5.94. The van der Waals surface area contributed by atoms with E-state index in [1.807, 2.05) is 54.3 Å². The van der Waals surface area contributed by atoms with Crippen LogP contribution in [0.3, 0.4) is 0 Å². The fourth-order valence-corrected chi connectivity index (χ4v) is 4.62. The van der Waals surface area contributed by atoms with Gasteiger partial charge in [0, 0.05) is 57.9 Å². The summed E-state index contributed by atoms with van der Waals surface area (Å²) in [5.74, 6) is 1.25. The summed E-state index contributed by atoms with van der Waals surface area (Å²) < 4.78 is 6.52. The van der Waals surface area contributed by atoms with Gasteiger partial charge in [0.25, 0.3) is 5.91 Å². The van der Waals surface area contributed by atoms with Crippen molar-refractivity contribution in [2.45, 2.75) is 44.1 Å². The highest BCUT2D eigenvalue weighted by atomic mass is 16.5. The van der Waals surface area contributed by atoms with Crippen LogP contribution in [0.2, 0.25) is 0 Å². The Morgan fingerprint density at radius 3 is 2.40 bits per heavy atom. The number of carbonyl (C=O) groups is 2. The Bertz CT molecular complexity index is 928. The van der Waals surface area contributed by atoms with Crippen molar-refractivity contribution in [3.05, 3.63) is 65.2 Å². The SMILES string of the molecule is Cc1ccc(C(=O)N2CCC3(CC2)C[C@H](CC(=O)N(C)C)c2ccccc2O3)cc1. The molecule has 5 nitrogen and oxygen atoms in total. The topological polar surface area (TPSA) is 49.9 Å². The number of likely N-dealkylation sites (tertiary alicyclic amines) is 1. The van der Waals surface area contributed by atoms with E-state index in [1.165, 1.54) is 0 Å². The number of benzene rings is 2. The first kappa shape index (κ1) is 20.5. The fourth-order valence-electron chi connectivity index (χ4n) is 4.62. The Hall–Kier alpha value is -2.82. The van der Waals surface area contributed by atoms with E-state index in [1.54, 1.807) is 19.0 Å². The van der Waals surface area contributed by atoms with Crippen LogP contribution in [0.5, 0.6) is 5.75 Å². The molecule has 158 valence electrons. The van der Waals surface area contributed by atoms with Crippen LogP contribution in [0.25, 0.3) is 0 Å². The number of rotatable bonds is 3. The van der Waals surface area contributed by atoms with Crippen LogP contribution in [0.15, 0.2) is 48.5 Å². The normalized spacial score (nSPS) is 19.7. The molecule has 1 saturated heterocycles. The zero-order valence-corrected chi connectivity index (χ0v) is 18.1. The molecular weight excluding hydrogens is 376 g/mol. The van der Waals surface area contributed by atoms with Gasteiger partial charge in [0.15, 0.2) is 0 Å². The summed E-state index contributed by atoms with van der Waals surface area (Å²) in [6.07, 6.45) is 2.87. The van der Waals surface area contributed by atoms with Crippen LogP contribution in [-0.2, 0) is 4.79 Å². The van der Waals surface area contributed by atoms with E-state index in [0.29, 0.717) is 19.5 Å². The summed E-state index contributed by atoms with van der Waals surface area (Å²) in [5.41, 5.74) is 2.70. The molecule has 2 aromatic rings. The molecule has 5 heteroatoms. The first-order valence-electron chi connectivity index (χ1n) is 10.7. The number of carbonyl (C=O) groups excluding carboxylic acids is 2. The summed E-state index contributed by atoms with van der Waals surface area (Å²) in [5, 5.41) is 0. The third-order valence-electron chi connectivity index (χ3n) is 6.48. The maximum Gasteiger partial charge on any atom is 0.253 e. The standard InChI is InChI=1S/C25H30N2O3/c1-18-8-10-19(11-9-18)24(29)27-14-12-25(13-15-27)17-20(16-23(28)26(2)3)21-6-4-5-7-22(21)30-25/h4-11,20H,12-17H2,1-3H3/t20-/m0/s1. The zero-order valence-electron chi connectivity index (χ0n) is 18.1. The number of amides is 2. The molecule has 0 bridgehead atoms. The number of para-hydroxylation sites is 1. The smallest absolute Gasteiger partial charge is 0.253 e. The Morgan fingerprint density at radius 2 is 1.73 bits per heavy atom. The highest BCUT2D eigenvalue weighted by Crippen LogP contribution is 2.46. The summed E-state index contributed by atoms with van der Waals surface area (Å²) in [7, 11) is 3.61. The van der Waals surface area contributed by atoms with E-state index in [2.05, 4.69) is 6.07 Å². The number of ether oxygens (including phenoxy) is 1. The van der Waals surface area contributed by atoms with Gasteiger partial charge in [-0.05, 0) is 37.1 Å². The van der Waals surface area contributed by atoms with E-state index >= 15 is 0 Å². The van der Waals surface area contributed by atoms with Gasteiger partial charge < -0.3 is 14.5 Å². The predicted octanol–water partition coefficient (Wildman–Crippen LogP) is 4.01. The van der Waals surface area contributed by atoms with E-state index in [-0.39, 0.29) is 23.3 Å². The van der Waals surface area contributed by atoms with Crippen molar-refractivity contribution in [3.63, 3.8) is 0 Å². The van der Waals surface area contributed by atoms with Crippen molar-refractivity contribution in [2.24, 2.45) is 0 Å². The van der Waals surface area contributed by atoms with E-state index < -0.39 is 0 Å². The molecular formula is C25H30N2O3. The molecule has 2 heterocycles. The molecule has 0 unspecified atom stereocenters. The van der Waals surface area contributed by atoms with Gasteiger partial charge in [-0.2, -0.15) is 0 Å². The molecule has 2 amide bonds. The van der Waals surface area contributed by atoms with Crippen molar-refractivity contribution >= 4 is 11.8 Å². The molecule has 0 saturated carbocycles. The number of piperidine rings is 1. The lowest BCUT2D eigenvalue weighted by atomic mass is 9.76. The molecule has 0 aromatic heterocycles. The van der Waals surface area contributed by atoms with Crippen molar-refractivity contribution in [3.8, 4) is 5.75 Å². The van der Waals surface area contributed by atoms with Crippen LogP contribution in [0.4, 0.5) is 0 Å². The van der Waals surface area contributed by atoms with Gasteiger partial charge in [-0.15, -0.1) is 0 Å². The molecule has 2 aromatic carbocycles.